The van der Waals surface area contributed by atoms with Crippen molar-refractivity contribution in [3.05, 3.63) is 34.6 Å². The molecule has 24 heavy (non-hydrogen) atoms. The number of hydrogen-bond acceptors (Lipinski definition) is 8. The van der Waals surface area contributed by atoms with Gasteiger partial charge in [-0.2, -0.15) is 4.98 Å². The normalized spacial score (nSPS) is 13.8. The number of hydrogen-bond donors (Lipinski definition) is 2. The third-order valence-electron chi connectivity index (χ3n) is 2.42. The number of nitrogen functional groups attached to an aromatic ring is 1. The van der Waals surface area contributed by atoms with Gasteiger partial charge in [-0.15, -0.1) is 4.73 Å². The summed E-state index contributed by atoms with van der Waals surface area (Å²) in [7, 11) is -3.52. The highest BCUT2D eigenvalue weighted by Gasteiger charge is 2.25. The first-order valence-corrected chi connectivity index (χ1v) is 9.05. The van der Waals surface area contributed by atoms with E-state index in [0.717, 1.165) is 4.73 Å². The molecular formula is C14H24N3O6P. The van der Waals surface area contributed by atoms with Crippen LogP contribution >= 0.6 is 7.60 Å². The molecule has 1 heterocycles. The minimum absolute atomic E-state index is 0.0520. The summed E-state index contributed by atoms with van der Waals surface area (Å²) in [5.41, 5.74) is 4.65. The van der Waals surface area contributed by atoms with Crippen LogP contribution in [0.1, 0.15) is 27.7 Å². The molecule has 0 fully saturated rings. The third kappa shape index (κ3) is 6.84. The zero-order valence-electron chi connectivity index (χ0n) is 14.2. The number of nitrogens with zero attached hydrogens (tertiary/aromatic N) is 2. The van der Waals surface area contributed by atoms with Crippen molar-refractivity contribution in [2.75, 3.05) is 12.3 Å². The number of rotatable bonds is 9. The Morgan fingerprint density at radius 2 is 1.92 bits per heavy atom. The summed E-state index contributed by atoms with van der Waals surface area (Å²) in [5.74, 6) is 1.26. The lowest BCUT2D eigenvalue weighted by atomic mass is 10.4. The van der Waals surface area contributed by atoms with E-state index in [2.05, 4.69) is 4.98 Å². The van der Waals surface area contributed by atoms with Gasteiger partial charge >= 0.3 is 13.3 Å². The molecule has 0 saturated carbocycles. The van der Waals surface area contributed by atoms with Crippen molar-refractivity contribution in [3.8, 4) is 0 Å². The molecule has 0 bridgehead atoms. The Morgan fingerprint density at radius 1 is 1.33 bits per heavy atom. The van der Waals surface area contributed by atoms with Crippen molar-refractivity contribution >= 4 is 13.4 Å². The van der Waals surface area contributed by atoms with Gasteiger partial charge in [0.25, 0.3) is 0 Å². The van der Waals surface area contributed by atoms with E-state index in [1.165, 1.54) is 24.2 Å². The van der Waals surface area contributed by atoms with Gasteiger partial charge in [-0.05, 0) is 33.8 Å². The summed E-state index contributed by atoms with van der Waals surface area (Å²) in [4.78, 5) is 20.4. The molecule has 0 aliphatic heterocycles. The lowest BCUT2D eigenvalue weighted by Gasteiger charge is -2.20. The van der Waals surface area contributed by atoms with Crippen molar-refractivity contribution in [1.82, 2.24) is 9.71 Å². The predicted octanol–water partition coefficient (Wildman–Crippen LogP) is 1.17. The summed E-state index contributed by atoms with van der Waals surface area (Å²) in [6, 6.07) is 1.37. The van der Waals surface area contributed by atoms with E-state index >= 15 is 0 Å². The van der Waals surface area contributed by atoms with Gasteiger partial charge in [0.15, 0.2) is 6.10 Å². The maximum atomic E-state index is 12.7. The maximum absolute atomic E-state index is 12.7. The number of aliphatic hydroxyl groups is 1. The highest BCUT2D eigenvalue weighted by molar-refractivity contribution is 7.57. The highest BCUT2D eigenvalue weighted by atomic mass is 31.2. The van der Waals surface area contributed by atoms with E-state index in [1.54, 1.807) is 27.7 Å². The van der Waals surface area contributed by atoms with Crippen LogP contribution in [0.3, 0.4) is 0 Å². The molecule has 0 amide bonds. The molecule has 0 aliphatic carbocycles. The zero-order valence-corrected chi connectivity index (χ0v) is 15.1. The average Bonchev–Trinajstić information content (AvgIpc) is 2.43. The van der Waals surface area contributed by atoms with Crippen LogP contribution in [0.4, 0.5) is 5.82 Å². The fraction of sp³-hybridized carbons (Fsp3) is 0.571. The zero-order chi connectivity index (χ0) is 18.3. The number of aliphatic hydroxyl groups excluding tert-OH is 1. The number of anilines is 1. The molecular weight excluding hydrogens is 337 g/mol. The summed E-state index contributed by atoms with van der Waals surface area (Å²) < 4.78 is 24.2. The second-order valence-electron chi connectivity index (χ2n) is 5.48. The van der Waals surface area contributed by atoms with Crippen LogP contribution in [0.2, 0.25) is 0 Å². The lowest BCUT2D eigenvalue weighted by Crippen LogP contribution is -2.35. The van der Waals surface area contributed by atoms with Crippen LogP contribution in [0.15, 0.2) is 29.0 Å². The smallest absolute Gasteiger partial charge is 0.382 e. The first kappa shape index (κ1) is 20.4. The molecule has 1 rings (SSSR count). The molecule has 1 aromatic rings. The molecule has 1 atom stereocenters. The maximum Gasteiger partial charge on any atom is 0.382 e. The highest BCUT2D eigenvalue weighted by Crippen LogP contribution is 2.52. The lowest BCUT2D eigenvalue weighted by molar-refractivity contribution is 0.0219. The largest absolute Gasteiger partial charge is 0.400 e. The molecule has 0 saturated heterocycles. The SMILES string of the molecule is CC(C)OP(=O)(/C=C/C(CO)On1ccc(N)nc1=O)OC(C)C. The van der Waals surface area contributed by atoms with Crippen molar-refractivity contribution in [3.63, 3.8) is 0 Å². The molecule has 0 aliphatic rings. The standard InChI is InChI=1S/C14H24N3O6P/c1-10(2)22-24(20,23-11(3)4)8-6-12(9-18)21-17-7-5-13(15)16-14(17)19/h5-8,10-12,18H,9H2,1-4H3,(H2,15,16,19)/b8-6+. The van der Waals surface area contributed by atoms with Gasteiger partial charge in [-0.25, -0.2) is 4.79 Å². The van der Waals surface area contributed by atoms with E-state index < -0.39 is 26.0 Å². The Balaban J connectivity index is 2.92. The second-order valence-corrected chi connectivity index (χ2v) is 7.28. The molecule has 0 aromatic carbocycles. The van der Waals surface area contributed by atoms with E-state index in [9.17, 15) is 14.5 Å². The van der Waals surface area contributed by atoms with Crippen molar-refractivity contribution in [1.29, 1.82) is 0 Å². The summed E-state index contributed by atoms with van der Waals surface area (Å²) >= 11 is 0. The molecule has 1 aromatic heterocycles. The Bertz CT molecular complexity index is 644. The van der Waals surface area contributed by atoms with Crippen LogP contribution in [0.5, 0.6) is 0 Å². The van der Waals surface area contributed by atoms with Crippen molar-refractivity contribution in [2.24, 2.45) is 0 Å². The molecule has 136 valence electrons. The fourth-order valence-electron chi connectivity index (χ4n) is 1.64. The minimum atomic E-state index is -3.52. The summed E-state index contributed by atoms with van der Waals surface area (Å²) in [6.07, 6.45) is 0.992. The van der Waals surface area contributed by atoms with E-state index in [4.69, 9.17) is 19.6 Å². The Morgan fingerprint density at radius 3 is 2.38 bits per heavy atom. The Kier molecular flexibility index (Phi) is 7.62. The van der Waals surface area contributed by atoms with Crippen LogP contribution in [0, 0.1) is 0 Å². The third-order valence-corrected chi connectivity index (χ3v) is 4.39. The second kappa shape index (κ2) is 8.98. The molecule has 10 heteroatoms. The topological polar surface area (TPSA) is 126 Å². The van der Waals surface area contributed by atoms with Gasteiger partial charge in [-0.3, -0.25) is 4.57 Å². The first-order valence-electron chi connectivity index (χ1n) is 7.44. The molecule has 3 N–H and O–H groups in total. The van der Waals surface area contributed by atoms with E-state index in [-0.39, 0.29) is 18.0 Å². The van der Waals surface area contributed by atoms with E-state index in [0.29, 0.717) is 0 Å². The van der Waals surface area contributed by atoms with Gasteiger partial charge in [0.1, 0.15) is 5.82 Å². The monoisotopic (exact) mass is 361 g/mol. The van der Waals surface area contributed by atoms with Crippen molar-refractivity contribution in [2.45, 2.75) is 46.0 Å². The van der Waals surface area contributed by atoms with Gasteiger partial charge in [0.05, 0.1) is 25.0 Å². The van der Waals surface area contributed by atoms with Crippen LogP contribution in [-0.4, -0.2) is 39.7 Å². The van der Waals surface area contributed by atoms with Crippen molar-refractivity contribution < 1.29 is 23.6 Å². The van der Waals surface area contributed by atoms with Crippen LogP contribution in [0.25, 0.3) is 0 Å². The Labute approximate surface area is 140 Å². The van der Waals surface area contributed by atoms with Crippen LogP contribution < -0.4 is 16.3 Å². The van der Waals surface area contributed by atoms with Crippen LogP contribution in [-0.2, 0) is 13.6 Å². The fourth-order valence-corrected chi connectivity index (χ4v) is 3.41. The summed E-state index contributed by atoms with van der Waals surface area (Å²) in [5, 5.41) is 9.39. The Hall–Kier alpha value is -1.67. The van der Waals surface area contributed by atoms with Gasteiger partial charge in [-0.1, -0.05) is 0 Å². The first-order chi connectivity index (χ1) is 11.1. The quantitative estimate of drug-likeness (QED) is 0.628. The van der Waals surface area contributed by atoms with Gasteiger partial charge < -0.3 is 24.7 Å². The van der Waals surface area contributed by atoms with Gasteiger partial charge in [0.2, 0.25) is 0 Å². The van der Waals surface area contributed by atoms with E-state index in [1.807, 2.05) is 0 Å². The molecule has 0 radical (unpaired) electrons. The average molecular weight is 361 g/mol. The molecule has 9 nitrogen and oxygen atoms in total. The minimum Gasteiger partial charge on any atom is -0.400 e. The molecule has 0 spiro atoms. The predicted molar refractivity (Wildman–Crippen MR) is 89.6 cm³/mol. The number of aromatic nitrogens is 2. The number of nitrogens with two attached hydrogens (primary N) is 1. The molecule has 1 unspecified atom stereocenters. The summed E-state index contributed by atoms with van der Waals surface area (Å²) in [6.45, 7) is 6.44. The van der Waals surface area contributed by atoms with Gasteiger partial charge in [0, 0.05) is 11.9 Å².